The maximum absolute atomic E-state index is 13.2. The first-order valence-corrected chi connectivity index (χ1v) is 12.7. The number of amides is 3. The molecule has 9 nitrogen and oxygen atoms in total. The van der Waals surface area contributed by atoms with Crippen molar-refractivity contribution in [2.24, 2.45) is 5.92 Å². The Morgan fingerprint density at radius 1 is 1.03 bits per heavy atom. The topological polar surface area (TPSA) is 105 Å². The van der Waals surface area contributed by atoms with Crippen LogP contribution in [0.15, 0.2) is 54.6 Å². The lowest BCUT2D eigenvalue weighted by molar-refractivity contribution is -0.136. The summed E-state index contributed by atoms with van der Waals surface area (Å²) in [4.78, 5) is 53.5. The summed E-state index contributed by atoms with van der Waals surface area (Å²) in [5.41, 5.74) is 1.51. The number of likely N-dealkylation sites (tertiary alicyclic amines) is 2. The molecular weight excluding hydrogens is 474 g/mol. The van der Waals surface area contributed by atoms with E-state index in [0.717, 1.165) is 5.56 Å². The van der Waals surface area contributed by atoms with E-state index in [1.165, 1.54) is 12.1 Å². The zero-order valence-corrected chi connectivity index (χ0v) is 21.2. The molecule has 2 aromatic rings. The van der Waals surface area contributed by atoms with Crippen LogP contribution in [0.2, 0.25) is 0 Å². The molecule has 9 heteroatoms. The summed E-state index contributed by atoms with van der Waals surface area (Å²) in [6, 6.07) is 16.0. The van der Waals surface area contributed by atoms with Gasteiger partial charge in [0, 0.05) is 37.7 Å². The smallest absolute Gasteiger partial charge is 0.434 e. The Morgan fingerprint density at radius 3 is 2.35 bits per heavy atom. The zero-order chi connectivity index (χ0) is 26.4. The van der Waals surface area contributed by atoms with Gasteiger partial charge in [0.15, 0.2) is 0 Å². The van der Waals surface area contributed by atoms with Crippen LogP contribution >= 0.6 is 0 Å². The number of nitrogens with zero attached hydrogens (tertiary/aromatic N) is 2. The molecule has 1 N–H and O–H groups in total. The maximum Gasteiger partial charge on any atom is 0.513 e. The van der Waals surface area contributed by atoms with E-state index in [0.29, 0.717) is 43.8 Å². The third-order valence-electron chi connectivity index (χ3n) is 6.98. The fourth-order valence-corrected chi connectivity index (χ4v) is 4.87. The molecule has 0 saturated carbocycles. The van der Waals surface area contributed by atoms with E-state index in [2.05, 4.69) is 5.32 Å². The molecule has 0 bridgehead atoms. The minimum absolute atomic E-state index is 0.00975. The second-order valence-electron chi connectivity index (χ2n) is 9.42. The van der Waals surface area contributed by atoms with Crippen molar-refractivity contribution in [3.05, 3.63) is 65.7 Å². The molecule has 2 aliphatic rings. The van der Waals surface area contributed by atoms with Crippen LogP contribution in [0, 0.1) is 5.92 Å². The van der Waals surface area contributed by atoms with Gasteiger partial charge in [0.1, 0.15) is 5.75 Å². The maximum atomic E-state index is 13.2. The molecule has 2 fully saturated rings. The van der Waals surface area contributed by atoms with Crippen molar-refractivity contribution in [3.8, 4) is 5.75 Å². The fourth-order valence-electron chi connectivity index (χ4n) is 4.87. The van der Waals surface area contributed by atoms with Gasteiger partial charge < -0.3 is 24.6 Å². The first-order valence-electron chi connectivity index (χ1n) is 12.7. The quantitative estimate of drug-likeness (QED) is 0.454. The molecule has 196 valence electrons. The van der Waals surface area contributed by atoms with Gasteiger partial charge in [0.05, 0.1) is 18.6 Å². The normalized spacial score (nSPS) is 18.9. The predicted molar refractivity (Wildman–Crippen MR) is 136 cm³/mol. The molecule has 0 aromatic heterocycles. The van der Waals surface area contributed by atoms with Gasteiger partial charge in [0.25, 0.3) is 5.91 Å². The highest BCUT2D eigenvalue weighted by Crippen LogP contribution is 2.30. The van der Waals surface area contributed by atoms with Crippen molar-refractivity contribution < 1.29 is 28.7 Å². The average molecular weight is 508 g/mol. The van der Waals surface area contributed by atoms with Crippen molar-refractivity contribution in [1.29, 1.82) is 0 Å². The van der Waals surface area contributed by atoms with E-state index in [9.17, 15) is 19.2 Å². The van der Waals surface area contributed by atoms with Crippen molar-refractivity contribution in [2.75, 3.05) is 26.2 Å². The van der Waals surface area contributed by atoms with Gasteiger partial charge in [-0.1, -0.05) is 30.3 Å². The van der Waals surface area contributed by atoms with Crippen LogP contribution in [0.4, 0.5) is 4.79 Å². The predicted octanol–water partition coefficient (Wildman–Crippen LogP) is 3.55. The van der Waals surface area contributed by atoms with E-state index in [-0.39, 0.29) is 48.8 Å². The largest absolute Gasteiger partial charge is 0.513 e. The summed E-state index contributed by atoms with van der Waals surface area (Å²) >= 11 is 0. The van der Waals surface area contributed by atoms with Crippen LogP contribution in [-0.4, -0.2) is 66.0 Å². The molecule has 2 atom stereocenters. The number of piperidine rings is 1. The lowest BCUT2D eigenvalue weighted by Gasteiger charge is -2.34. The number of hydrogen-bond acceptors (Lipinski definition) is 6. The van der Waals surface area contributed by atoms with E-state index < -0.39 is 6.16 Å². The molecule has 0 spiro atoms. The third kappa shape index (κ3) is 6.47. The second kappa shape index (κ2) is 11.9. The van der Waals surface area contributed by atoms with E-state index in [1.54, 1.807) is 24.0 Å². The van der Waals surface area contributed by atoms with E-state index in [1.807, 2.05) is 42.2 Å². The highest BCUT2D eigenvalue weighted by Gasteiger charge is 2.39. The number of nitrogens with one attached hydrogen (secondary N) is 1. The van der Waals surface area contributed by atoms with Crippen molar-refractivity contribution in [1.82, 2.24) is 15.1 Å². The number of ether oxygens (including phenoxy) is 2. The van der Waals surface area contributed by atoms with Gasteiger partial charge in [-0.3, -0.25) is 14.4 Å². The SMILES string of the molecule is CCOC(=O)Oc1ccc(C(=O)NC2CCN(C(=O)C3CC(=O)N(C(C)c4ccccc4)C3)CC2)cc1. The van der Waals surface area contributed by atoms with Gasteiger partial charge in [-0.25, -0.2) is 4.79 Å². The first kappa shape index (κ1) is 26.2. The fraction of sp³-hybridized carbons (Fsp3) is 0.429. The summed E-state index contributed by atoms with van der Waals surface area (Å²) in [5.74, 6) is -0.239. The van der Waals surface area contributed by atoms with Crippen LogP contribution in [0.1, 0.15) is 55.1 Å². The molecule has 2 heterocycles. The third-order valence-corrected chi connectivity index (χ3v) is 6.98. The number of rotatable bonds is 7. The number of hydrogen-bond donors (Lipinski definition) is 1. The molecular formula is C28H33N3O6. The highest BCUT2D eigenvalue weighted by molar-refractivity contribution is 5.94. The van der Waals surface area contributed by atoms with Gasteiger partial charge in [-0.2, -0.15) is 0 Å². The van der Waals surface area contributed by atoms with E-state index >= 15 is 0 Å². The van der Waals surface area contributed by atoms with Crippen LogP contribution < -0.4 is 10.1 Å². The summed E-state index contributed by atoms with van der Waals surface area (Å²) in [6.45, 7) is 5.40. The Bertz CT molecular complexity index is 1110. The second-order valence-corrected chi connectivity index (χ2v) is 9.42. The number of benzene rings is 2. The van der Waals surface area contributed by atoms with Gasteiger partial charge >= 0.3 is 6.16 Å². The standard InChI is InChI=1S/C28H33N3O6/c1-3-36-28(35)37-24-11-9-21(10-12-24)26(33)29-23-13-15-30(16-14-23)27(34)22-17-25(32)31(18-22)19(2)20-7-5-4-6-8-20/h4-12,19,22-23H,3,13-18H2,1-2H3,(H,29,33). The Kier molecular flexibility index (Phi) is 8.43. The molecule has 4 rings (SSSR count). The molecule has 0 radical (unpaired) electrons. The molecule has 3 amide bonds. The molecule has 2 aliphatic heterocycles. The Morgan fingerprint density at radius 2 is 1.70 bits per heavy atom. The van der Waals surface area contributed by atoms with Gasteiger partial charge in [-0.15, -0.1) is 0 Å². The molecule has 2 aromatic carbocycles. The van der Waals surface area contributed by atoms with Crippen LogP contribution in [-0.2, 0) is 14.3 Å². The molecule has 37 heavy (non-hydrogen) atoms. The summed E-state index contributed by atoms with van der Waals surface area (Å²) < 4.78 is 9.74. The number of carbonyl (C=O) groups excluding carboxylic acids is 4. The lowest BCUT2D eigenvalue weighted by atomic mass is 10.0. The summed E-state index contributed by atoms with van der Waals surface area (Å²) in [7, 11) is 0. The minimum Gasteiger partial charge on any atom is -0.434 e. The summed E-state index contributed by atoms with van der Waals surface area (Å²) in [6.07, 6.45) is 0.739. The Balaban J connectivity index is 1.24. The zero-order valence-electron chi connectivity index (χ0n) is 21.2. The van der Waals surface area contributed by atoms with Crippen molar-refractivity contribution >= 4 is 23.9 Å². The van der Waals surface area contributed by atoms with Gasteiger partial charge in [-0.05, 0) is 56.5 Å². The van der Waals surface area contributed by atoms with Crippen LogP contribution in [0.5, 0.6) is 5.75 Å². The number of carbonyl (C=O) groups is 4. The van der Waals surface area contributed by atoms with Crippen LogP contribution in [0.25, 0.3) is 0 Å². The Hall–Kier alpha value is -3.88. The highest BCUT2D eigenvalue weighted by atomic mass is 16.7. The van der Waals surface area contributed by atoms with Crippen molar-refractivity contribution in [2.45, 2.75) is 45.2 Å². The first-order chi connectivity index (χ1) is 17.9. The monoisotopic (exact) mass is 507 g/mol. The van der Waals surface area contributed by atoms with Crippen LogP contribution in [0.3, 0.4) is 0 Å². The average Bonchev–Trinajstić information content (AvgIpc) is 3.30. The molecule has 2 saturated heterocycles. The molecule has 0 aliphatic carbocycles. The summed E-state index contributed by atoms with van der Waals surface area (Å²) in [5, 5.41) is 3.02. The van der Waals surface area contributed by atoms with Crippen molar-refractivity contribution in [3.63, 3.8) is 0 Å². The van der Waals surface area contributed by atoms with Gasteiger partial charge in [0.2, 0.25) is 11.8 Å². The lowest BCUT2D eigenvalue weighted by Crippen LogP contribution is -2.48. The van der Waals surface area contributed by atoms with E-state index in [4.69, 9.17) is 9.47 Å². The molecule has 2 unspecified atom stereocenters. The minimum atomic E-state index is -0.790. The Labute approximate surface area is 216 Å².